The summed E-state index contributed by atoms with van der Waals surface area (Å²) in [6.07, 6.45) is 4.27. The first kappa shape index (κ1) is 13.7. The van der Waals surface area contributed by atoms with Gasteiger partial charge in [-0.15, -0.1) is 0 Å². The quantitative estimate of drug-likeness (QED) is 0.940. The third kappa shape index (κ3) is 2.63. The summed E-state index contributed by atoms with van der Waals surface area (Å²) >= 11 is 0. The summed E-state index contributed by atoms with van der Waals surface area (Å²) in [6, 6.07) is 7.47. The number of amides is 1. The third-order valence-corrected chi connectivity index (χ3v) is 4.05. The molecule has 1 aromatic carbocycles. The first-order valence-corrected chi connectivity index (χ1v) is 7.12. The van der Waals surface area contributed by atoms with Crippen LogP contribution in [0.4, 0.5) is 5.69 Å². The molecule has 1 amide bonds. The number of anilines is 1. The fourth-order valence-electron chi connectivity index (χ4n) is 2.83. The van der Waals surface area contributed by atoms with Crippen molar-refractivity contribution in [3.63, 3.8) is 0 Å². The van der Waals surface area contributed by atoms with Gasteiger partial charge in [-0.2, -0.15) is 0 Å². The first-order valence-electron chi connectivity index (χ1n) is 7.12. The van der Waals surface area contributed by atoms with Crippen molar-refractivity contribution < 1.29 is 9.53 Å². The number of imidazole rings is 1. The Morgan fingerprint density at radius 2 is 2.24 bits per heavy atom. The zero-order valence-corrected chi connectivity index (χ0v) is 12.3. The van der Waals surface area contributed by atoms with E-state index in [4.69, 9.17) is 4.74 Å². The smallest absolute Gasteiger partial charge is 0.227 e. The van der Waals surface area contributed by atoms with Gasteiger partial charge in [0.1, 0.15) is 5.75 Å². The van der Waals surface area contributed by atoms with E-state index in [0.717, 1.165) is 30.6 Å². The third-order valence-electron chi connectivity index (χ3n) is 4.05. The Balaban J connectivity index is 1.74. The summed E-state index contributed by atoms with van der Waals surface area (Å²) in [5.41, 5.74) is 3.01. The van der Waals surface area contributed by atoms with E-state index in [0.29, 0.717) is 5.75 Å². The maximum Gasteiger partial charge on any atom is 0.227 e. The van der Waals surface area contributed by atoms with Crippen molar-refractivity contribution in [3.8, 4) is 5.75 Å². The molecule has 2 aromatic rings. The topological polar surface area (TPSA) is 56.1 Å². The molecule has 0 aliphatic heterocycles. The molecule has 0 bridgehead atoms. The van der Waals surface area contributed by atoms with Crippen molar-refractivity contribution in [1.82, 2.24) is 9.55 Å². The molecule has 1 heterocycles. The molecule has 1 unspecified atom stereocenters. The van der Waals surface area contributed by atoms with E-state index in [9.17, 15) is 4.79 Å². The molecule has 5 heteroatoms. The molecule has 3 rings (SSSR count). The van der Waals surface area contributed by atoms with E-state index >= 15 is 0 Å². The molecule has 1 aliphatic carbocycles. The average Bonchev–Trinajstić information content (AvgIpc) is 2.88. The molecule has 1 aliphatic rings. The highest BCUT2D eigenvalue weighted by Gasteiger charge is 2.27. The molecule has 0 radical (unpaired) electrons. The number of carbonyl (C=O) groups excluding carboxylic acids is 1. The number of benzene rings is 1. The van der Waals surface area contributed by atoms with Crippen molar-refractivity contribution in [2.45, 2.75) is 19.3 Å². The number of fused-ring (bicyclic) bond motifs is 1. The molecule has 110 valence electrons. The summed E-state index contributed by atoms with van der Waals surface area (Å²) in [6.45, 7) is 0. The Kier molecular flexibility index (Phi) is 3.64. The molecule has 5 nitrogen and oxygen atoms in total. The molecule has 0 spiro atoms. The van der Waals surface area contributed by atoms with Crippen LogP contribution in [0.3, 0.4) is 0 Å². The number of methoxy groups -OCH3 is 1. The first-order chi connectivity index (χ1) is 10.2. The monoisotopic (exact) mass is 285 g/mol. The molecule has 0 saturated heterocycles. The molecule has 21 heavy (non-hydrogen) atoms. The second-order valence-electron chi connectivity index (χ2n) is 5.38. The zero-order chi connectivity index (χ0) is 14.8. The largest absolute Gasteiger partial charge is 0.495 e. The maximum absolute atomic E-state index is 12.5. The predicted molar refractivity (Wildman–Crippen MR) is 80.3 cm³/mol. The van der Waals surface area contributed by atoms with Gasteiger partial charge in [0.25, 0.3) is 0 Å². The molecular weight excluding hydrogens is 266 g/mol. The van der Waals surface area contributed by atoms with Gasteiger partial charge in [-0.25, -0.2) is 4.98 Å². The number of para-hydroxylation sites is 2. The van der Waals surface area contributed by atoms with Gasteiger partial charge in [-0.05, 0) is 25.0 Å². The SMILES string of the molecule is COc1ccccc1NC(=O)C1CCc2ncn(C)c2C1. The lowest BCUT2D eigenvalue weighted by atomic mass is 9.89. The molecule has 0 saturated carbocycles. The maximum atomic E-state index is 12.5. The highest BCUT2D eigenvalue weighted by Crippen LogP contribution is 2.28. The van der Waals surface area contributed by atoms with E-state index in [1.54, 1.807) is 7.11 Å². The van der Waals surface area contributed by atoms with Gasteiger partial charge >= 0.3 is 0 Å². The van der Waals surface area contributed by atoms with Crippen LogP contribution in [-0.4, -0.2) is 22.6 Å². The van der Waals surface area contributed by atoms with Crippen molar-refractivity contribution >= 4 is 11.6 Å². The van der Waals surface area contributed by atoms with Crippen molar-refractivity contribution in [1.29, 1.82) is 0 Å². The lowest BCUT2D eigenvalue weighted by molar-refractivity contribution is -0.120. The summed E-state index contributed by atoms with van der Waals surface area (Å²) in [7, 11) is 3.58. The van der Waals surface area contributed by atoms with Crippen LogP contribution in [-0.2, 0) is 24.7 Å². The number of rotatable bonds is 3. The van der Waals surface area contributed by atoms with Crippen LogP contribution in [0.1, 0.15) is 17.8 Å². The Morgan fingerprint density at radius 3 is 3.05 bits per heavy atom. The van der Waals surface area contributed by atoms with Crippen LogP contribution in [0, 0.1) is 5.92 Å². The number of hydrogen-bond acceptors (Lipinski definition) is 3. The Hall–Kier alpha value is -2.30. The minimum atomic E-state index is -0.0159. The Labute approximate surface area is 124 Å². The lowest BCUT2D eigenvalue weighted by Crippen LogP contribution is -2.29. The standard InChI is InChI=1S/C16H19N3O2/c1-19-10-17-12-8-7-11(9-14(12)19)16(20)18-13-5-3-4-6-15(13)21-2/h3-6,10-11H,7-9H2,1-2H3,(H,18,20). The van der Waals surface area contributed by atoms with E-state index in [1.165, 1.54) is 5.69 Å². The van der Waals surface area contributed by atoms with Crippen LogP contribution in [0.5, 0.6) is 5.75 Å². The lowest BCUT2D eigenvalue weighted by Gasteiger charge is -2.22. The number of aryl methyl sites for hydroxylation is 2. The van der Waals surface area contributed by atoms with Gasteiger partial charge in [0, 0.05) is 25.1 Å². The highest BCUT2D eigenvalue weighted by molar-refractivity contribution is 5.94. The number of nitrogens with zero attached hydrogens (tertiary/aromatic N) is 2. The van der Waals surface area contributed by atoms with Gasteiger partial charge in [0.2, 0.25) is 5.91 Å². The minimum Gasteiger partial charge on any atom is -0.495 e. The number of ether oxygens (including phenoxy) is 1. The van der Waals surface area contributed by atoms with Gasteiger partial charge in [0.05, 0.1) is 24.8 Å². The minimum absolute atomic E-state index is 0.0159. The molecule has 1 atom stereocenters. The van der Waals surface area contributed by atoms with Gasteiger partial charge in [-0.1, -0.05) is 12.1 Å². The van der Waals surface area contributed by atoms with Crippen LogP contribution in [0.2, 0.25) is 0 Å². The van der Waals surface area contributed by atoms with Gasteiger partial charge in [-0.3, -0.25) is 4.79 Å². The average molecular weight is 285 g/mol. The number of nitrogens with one attached hydrogen (secondary N) is 1. The van der Waals surface area contributed by atoms with Crippen molar-refractivity contribution in [3.05, 3.63) is 42.0 Å². The fourth-order valence-corrected chi connectivity index (χ4v) is 2.83. The molecular formula is C16H19N3O2. The second kappa shape index (κ2) is 5.60. The van der Waals surface area contributed by atoms with Gasteiger partial charge < -0.3 is 14.6 Å². The highest BCUT2D eigenvalue weighted by atomic mass is 16.5. The summed E-state index contributed by atoms with van der Waals surface area (Å²) in [5.74, 6) is 0.715. The Morgan fingerprint density at radius 1 is 1.43 bits per heavy atom. The van der Waals surface area contributed by atoms with Crippen molar-refractivity contribution in [2.75, 3.05) is 12.4 Å². The molecule has 1 aromatic heterocycles. The van der Waals surface area contributed by atoms with E-state index in [2.05, 4.69) is 10.3 Å². The normalized spacial score (nSPS) is 17.1. The van der Waals surface area contributed by atoms with Gasteiger partial charge in [0.15, 0.2) is 0 Å². The van der Waals surface area contributed by atoms with E-state index in [-0.39, 0.29) is 11.8 Å². The number of aromatic nitrogens is 2. The van der Waals surface area contributed by atoms with Crippen LogP contribution < -0.4 is 10.1 Å². The van der Waals surface area contributed by atoms with Crippen LogP contribution in [0.25, 0.3) is 0 Å². The Bertz CT molecular complexity index is 663. The fraction of sp³-hybridized carbons (Fsp3) is 0.375. The van der Waals surface area contributed by atoms with Crippen LogP contribution in [0.15, 0.2) is 30.6 Å². The van der Waals surface area contributed by atoms with E-state index in [1.807, 2.05) is 42.2 Å². The summed E-state index contributed by atoms with van der Waals surface area (Å²) < 4.78 is 7.28. The zero-order valence-electron chi connectivity index (χ0n) is 12.3. The van der Waals surface area contributed by atoms with Crippen molar-refractivity contribution in [2.24, 2.45) is 13.0 Å². The number of carbonyl (C=O) groups is 1. The second-order valence-corrected chi connectivity index (χ2v) is 5.38. The predicted octanol–water partition coefficient (Wildman–Crippen LogP) is 2.17. The summed E-state index contributed by atoms with van der Waals surface area (Å²) in [5, 5.41) is 2.98. The summed E-state index contributed by atoms with van der Waals surface area (Å²) in [4.78, 5) is 16.9. The molecule has 1 N–H and O–H groups in total. The van der Waals surface area contributed by atoms with Crippen LogP contribution >= 0.6 is 0 Å². The molecule has 0 fully saturated rings. The van der Waals surface area contributed by atoms with E-state index < -0.39 is 0 Å². The number of hydrogen-bond donors (Lipinski definition) is 1.